The summed E-state index contributed by atoms with van der Waals surface area (Å²) in [6.07, 6.45) is 6.77. The normalized spacial score (nSPS) is 18.9. The van der Waals surface area contributed by atoms with Gasteiger partial charge in [0.1, 0.15) is 11.4 Å². The van der Waals surface area contributed by atoms with Crippen LogP contribution in [-0.4, -0.2) is 79.7 Å². The summed E-state index contributed by atoms with van der Waals surface area (Å²) >= 11 is 0. The molecule has 10 heteroatoms. The molecule has 3 aliphatic rings. The van der Waals surface area contributed by atoms with Crippen molar-refractivity contribution in [3.63, 3.8) is 0 Å². The van der Waals surface area contributed by atoms with Crippen molar-refractivity contribution in [1.82, 2.24) is 14.9 Å². The number of methoxy groups -OCH3 is 1. The van der Waals surface area contributed by atoms with Gasteiger partial charge in [0, 0.05) is 44.7 Å². The molecule has 35 heavy (non-hydrogen) atoms. The minimum atomic E-state index is -0.0423. The summed E-state index contributed by atoms with van der Waals surface area (Å²) < 4.78 is 10.9. The molecule has 0 unspecified atom stereocenters. The van der Waals surface area contributed by atoms with Gasteiger partial charge in [-0.15, -0.1) is 0 Å². The van der Waals surface area contributed by atoms with Crippen molar-refractivity contribution in [2.24, 2.45) is 0 Å². The molecule has 2 fully saturated rings. The molecule has 0 spiro atoms. The topological polar surface area (TPSA) is 100 Å². The van der Waals surface area contributed by atoms with E-state index in [0.717, 1.165) is 24.3 Å². The third-order valence-corrected chi connectivity index (χ3v) is 7.08. The van der Waals surface area contributed by atoms with E-state index in [-0.39, 0.29) is 11.8 Å². The summed E-state index contributed by atoms with van der Waals surface area (Å²) in [6.45, 7) is 2.92. The first-order valence-electron chi connectivity index (χ1n) is 12.3. The Kier molecular flexibility index (Phi) is 6.72. The van der Waals surface area contributed by atoms with Crippen LogP contribution >= 0.6 is 0 Å². The molecule has 1 saturated heterocycles. The quantitative estimate of drug-likeness (QED) is 0.697. The zero-order valence-corrected chi connectivity index (χ0v) is 20.3. The van der Waals surface area contributed by atoms with Crippen molar-refractivity contribution < 1.29 is 19.1 Å². The molecule has 3 heterocycles. The maximum atomic E-state index is 12.9. The van der Waals surface area contributed by atoms with Crippen molar-refractivity contribution in [2.75, 3.05) is 62.1 Å². The number of morpholine rings is 1. The summed E-state index contributed by atoms with van der Waals surface area (Å²) in [6, 6.07) is 5.71. The van der Waals surface area contributed by atoms with Gasteiger partial charge in [-0.2, -0.15) is 4.98 Å². The molecule has 0 radical (unpaired) electrons. The van der Waals surface area contributed by atoms with Gasteiger partial charge in [0.15, 0.2) is 5.82 Å². The van der Waals surface area contributed by atoms with E-state index >= 15 is 0 Å². The fourth-order valence-corrected chi connectivity index (χ4v) is 5.07. The first-order chi connectivity index (χ1) is 17.0. The zero-order chi connectivity index (χ0) is 24.4. The van der Waals surface area contributed by atoms with Crippen LogP contribution in [0.25, 0.3) is 0 Å². The van der Waals surface area contributed by atoms with E-state index in [1.54, 1.807) is 42.3 Å². The summed E-state index contributed by atoms with van der Waals surface area (Å²) in [5.41, 5.74) is 1.95. The number of rotatable bonds is 5. The average Bonchev–Trinajstić information content (AvgIpc) is 3.40. The van der Waals surface area contributed by atoms with E-state index in [0.29, 0.717) is 68.3 Å². The molecule has 2 aromatic rings. The predicted octanol–water partition coefficient (Wildman–Crippen LogP) is 2.82. The predicted molar refractivity (Wildman–Crippen MR) is 133 cm³/mol. The van der Waals surface area contributed by atoms with Gasteiger partial charge in [-0.1, -0.05) is 12.8 Å². The Morgan fingerprint density at radius 2 is 1.94 bits per heavy atom. The smallest absolute Gasteiger partial charge is 0.254 e. The third kappa shape index (κ3) is 4.75. The third-order valence-electron chi connectivity index (χ3n) is 7.08. The number of hydrogen-bond donors (Lipinski definition) is 1. The summed E-state index contributed by atoms with van der Waals surface area (Å²) in [4.78, 5) is 40.5. The highest BCUT2D eigenvalue weighted by Crippen LogP contribution is 2.37. The second-order valence-electron chi connectivity index (χ2n) is 9.18. The second kappa shape index (κ2) is 10.1. The van der Waals surface area contributed by atoms with Gasteiger partial charge in [0.05, 0.1) is 32.2 Å². The number of carbonyl (C=O) groups is 2. The minimum absolute atomic E-state index is 0.0423. The molecular formula is C25H32N6O4. The summed E-state index contributed by atoms with van der Waals surface area (Å²) in [7, 11) is 3.35. The van der Waals surface area contributed by atoms with Crippen LogP contribution in [0.4, 0.5) is 23.1 Å². The van der Waals surface area contributed by atoms with E-state index in [1.807, 2.05) is 6.07 Å². The first kappa shape index (κ1) is 23.3. The van der Waals surface area contributed by atoms with E-state index in [1.165, 1.54) is 12.8 Å². The first-order valence-corrected chi connectivity index (χ1v) is 12.3. The van der Waals surface area contributed by atoms with Crippen LogP contribution in [0, 0.1) is 0 Å². The second-order valence-corrected chi connectivity index (χ2v) is 9.18. The summed E-state index contributed by atoms with van der Waals surface area (Å²) in [5, 5.41) is 3.25. The highest BCUT2D eigenvalue weighted by atomic mass is 16.5. The van der Waals surface area contributed by atoms with Gasteiger partial charge in [-0.25, -0.2) is 4.98 Å². The average molecular weight is 481 g/mol. The van der Waals surface area contributed by atoms with Crippen LogP contribution < -0.4 is 19.9 Å². The molecule has 0 bridgehead atoms. The Morgan fingerprint density at radius 3 is 2.69 bits per heavy atom. The summed E-state index contributed by atoms with van der Waals surface area (Å²) in [5.74, 6) is 1.75. The Hall–Kier alpha value is -3.40. The number of amides is 2. The Labute approximate surface area is 205 Å². The molecular weight excluding hydrogens is 448 g/mol. The molecule has 1 aromatic carbocycles. The number of hydrogen-bond acceptors (Lipinski definition) is 8. The van der Waals surface area contributed by atoms with E-state index in [9.17, 15) is 9.59 Å². The maximum absolute atomic E-state index is 12.9. The molecule has 1 N–H and O–H groups in total. The van der Waals surface area contributed by atoms with Crippen LogP contribution in [-0.2, 0) is 9.53 Å². The van der Waals surface area contributed by atoms with Crippen molar-refractivity contribution >= 4 is 35.0 Å². The molecule has 1 aliphatic carbocycles. The van der Waals surface area contributed by atoms with E-state index in [4.69, 9.17) is 14.5 Å². The number of ether oxygens (including phenoxy) is 2. The molecule has 186 valence electrons. The fourth-order valence-electron chi connectivity index (χ4n) is 5.07. The highest BCUT2D eigenvalue weighted by Gasteiger charge is 2.31. The van der Waals surface area contributed by atoms with Crippen LogP contribution in [0.15, 0.2) is 24.4 Å². The van der Waals surface area contributed by atoms with Gasteiger partial charge in [0.2, 0.25) is 11.9 Å². The standard InChI is InChI=1S/C25H32N6O4/c1-29-20-16-26-25(28-23(20)31(10-9-22(29)32)18-5-3-4-6-18)27-19-8-7-17(15-21(19)34-2)24(33)30-11-13-35-14-12-30/h7-8,15-16,18H,3-6,9-14H2,1-2H3,(H,26,27,28). The van der Waals surface area contributed by atoms with Crippen molar-refractivity contribution in [2.45, 2.75) is 38.1 Å². The monoisotopic (exact) mass is 480 g/mol. The number of carbonyl (C=O) groups excluding carboxylic acids is 2. The van der Waals surface area contributed by atoms with E-state index < -0.39 is 0 Å². The van der Waals surface area contributed by atoms with Crippen molar-refractivity contribution in [3.8, 4) is 5.75 Å². The lowest BCUT2D eigenvalue weighted by Crippen LogP contribution is -2.40. The van der Waals surface area contributed by atoms with Gasteiger partial charge < -0.3 is 29.5 Å². The van der Waals surface area contributed by atoms with Crippen LogP contribution in [0.1, 0.15) is 42.5 Å². The maximum Gasteiger partial charge on any atom is 0.254 e. The number of nitrogens with zero attached hydrogens (tertiary/aromatic N) is 5. The molecule has 1 aromatic heterocycles. The largest absolute Gasteiger partial charge is 0.495 e. The highest BCUT2D eigenvalue weighted by molar-refractivity contribution is 5.97. The molecule has 2 amide bonds. The molecule has 0 atom stereocenters. The van der Waals surface area contributed by atoms with Gasteiger partial charge in [-0.3, -0.25) is 9.59 Å². The lowest BCUT2D eigenvalue weighted by atomic mass is 10.1. The number of fused-ring (bicyclic) bond motifs is 1. The Morgan fingerprint density at radius 1 is 1.17 bits per heavy atom. The molecule has 5 rings (SSSR count). The number of nitrogens with one attached hydrogen (secondary N) is 1. The Bertz CT molecular complexity index is 1100. The molecule has 1 saturated carbocycles. The zero-order valence-electron chi connectivity index (χ0n) is 20.3. The Balaban J connectivity index is 1.42. The molecule has 2 aliphatic heterocycles. The van der Waals surface area contributed by atoms with Gasteiger partial charge in [-0.05, 0) is 31.0 Å². The van der Waals surface area contributed by atoms with Crippen LogP contribution in [0.3, 0.4) is 0 Å². The van der Waals surface area contributed by atoms with Crippen LogP contribution in [0.5, 0.6) is 5.75 Å². The fraction of sp³-hybridized carbons (Fsp3) is 0.520. The lowest BCUT2D eigenvalue weighted by molar-refractivity contribution is -0.118. The number of anilines is 4. The number of aromatic nitrogens is 2. The minimum Gasteiger partial charge on any atom is -0.495 e. The van der Waals surface area contributed by atoms with Gasteiger partial charge in [0.25, 0.3) is 5.91 Å². The van der Waals surface area contributed by atoms with Gasteiger partial charge >= 0.3 is 0 Å². The van der Waals surface area contributed by atoms with Crippen LogP contribution in [0.2, 0.25) is 0 Å². The van der Waals surface area contributed by atoms with Crippen molar-refractivity contribution in [1.29, 1.82) is 0 Å². The molecule has 10 nitrogen and oxygen atoms in total. The van der Waals surface area contributed by atoms with Crippen molar-refractivity contribution in [3.05, 3.63) is 30.0 Å². The lowest BCUT2D eigenvalue weighted by Gasteiger charge is -2.30. The SMILES string of the molecule is COc1cc(C(=O)N2CCOCC2)ccc1Nc1ncc2c(n1)N(C1CCCC1)CCC(=O)N2C. The number of benzene rings is 1. The van der Waals surface area contributed by atoms with E-state index in [2.05, 4.69) is 15.2 Å².